The van der Waals surface area contributed by atoms with Crippen LogP contribution in [0, 0.1) is 5.41 Å². The summed E-state index contributed by atoms with van der Waals surface area (Å²) < 4.78 is 44.2. The van der Waals surface area contributed by atoms with Crippen molar-refractivity contribution >= 4 is 9.84 Å². The summed E-state index contributed by atoms with van der Waals surface area (Å²) in [6.45, 7) is 6.53. The molecule has 37 heavy (non-hydrogen) atoms. The SMILES string of the molecule is CCCCC1(CC)CS(=O)(=O)c2cc(OC)ccc2[C@@H](c2ccc(OCCOCCN(C)C)cc2)C1O. The predicted molar refractivity (Wildman–Crippen MR) is 146 cm³/mol. The zero-order chi connectivity index (χ0) is 27.1. The highest BCUT2D eigenvalue weighted by atomic mass is 32.2. The van der Waals surface area contributed by atoms with E-state index in [1.54, 1.807) is 18.2 Å². The van der Waals surface area contributed by atoms with Gasteiger partial charge in [-0.05, 0) is 62.3 Å². The van der Waals surface area contributed by atoms with Crippen LogP contribution >= 0.6 is 0 Å². The van der Waals surface area contributed by atoms with Crippen LogP contribution in [0.1, 0.15) is 56.6 Å². The molecule has 2 aromatic carbocycles. The number of aliphatic hydroxyl groups is 1. The number of hydrogen-bond donors (Lipinski definition) is 1. The van der Waals surface area contributed by atoms with Gasteiger partial charge in [0.05, 0.1) is 37.1 Å². The molecule has 0 spiro atoms. The standard InChI is InChI=1S/C29H43NO6S/c1-6-8-15-29(7-2)21-37(32,33)26-20-24(34-5)13-14-25(26)27(28(29)31)22-9-11-23(12-10-22)36-19-18-35-17-16-30(3)4/h9-14,20,27-28,31H,6-8,15-19,21H2,1-5H3/t27-,28?,29?/m1/s1. The predicted octanol–water partition coefficient (Wildman–Crippen LogP) is 4.52. The Morgan fingerprint density at radius 1 is 1.03 bits per heavy atom. The van der Waals surface area contributed by atoms with Crippen LogP contribution in [0.3, 0.4) is 0 Å². The summed E-state index contributed by atoms with van der Waals surface area (Å²) in [4.78, 5) is 2.31. The molecule has 1 heterocycles. The number of ether oxygens (including phenoxy) is 3. The number of fused-ring (bicyclic) bond motifs is 1. The molecule has 3 rings (SSSR count). The first-order chi connectivity index (χ1) is 17.7. The second kappa shape index (κ2) is 13.1. The molecule has 2 aromatic rings. The molecule has 1 aliphatic heterocycles. The quantitative estimate of drug-likeness (QED) is 0.379. The third-order valence-electron chi connectivity index (χ3n) is 7.46. The van der Waals surface area contributed by atoms with Gasteiger partial charge in [-0.15, -0.1) is 0 Å². The molecular formula is C29H43NO6S. The first-order valence-corrected chi connectivity index (χ1v) is 14.9. The van der Waals surface area contributed by atoms with Crippen molar-refractivity contribution in [2.75, 3.05) is 53.3 Å². The van der Waals surface area contributed by atoms with Crippen molar-refractivity contribution in [3.05, 3.63) is 53.6 Å². The van der Waals surface area contributed by atoms with Crippen molar-refractivity contribution in [2.45, 2.75) is 56.4 Å². The second-order valence-electron chi connectivity index (χ2n) is 10.2. The zero-order valence-corrected chi connectivity index (χ0v) is 23.7. The van der Waals surface area contributed by atoms with Crippen LogP contribution in [0.2, 0.25) is 0 Å². The Morgan fingerprint density at radius 3 is 2.35 bits per heavy atom. The molecule has 0 aromatic heterocycles. The van der Waals surface area contributed by atoms with Gasteiger partial charge in [-0.25, -0.2) is 8.42 Å². The van der Waals surface area contributed by atoms with Gasteiger partial charge in [0.1, 0.15) is 18.1 Å². The lowest BCUT2D eigenvalue weighted by Crippen LogP contribution is -2.42. The lowest BCUT2D eigenvalue weighted by Gasteiger charge is -2.39. The highest BCUT2D eigenvalue weighted by Gasteiger charge is 2.49. The summed E-state index contributed by atoms with van der Waals surface area (Å²) in [6.07, 6.45) is 2.16. The van der Waals surface area contributed by atoms with Crippen molar-refractivity contribution in [1.29, 1.82) is 0 Å². The van der Waals surface area contributed by atoms with E-state index < -0.39 is 27.3 Å². The van der Waals surface area contributed by atoms with E-state index in [4.69, 9.17) is 14.2 Å². The summed E-state index contributed by atoms with van der Waals surface area (Å²) in [7, 11) is 1.89. The molecule has 0 saturated heterocycles. The Hall–Kier alpha value is -2.13. The number of unbranched alkanes of at least 4 members (excludes halogenated alkanes) is 1. The van der Waals surface area contributed by atoms with Crippen molar-refractivity contribution in [3.8, 4) is 11.5 Å². The van der Waals surface area contributed by atoms with Gasteiger partial charge >= 0.3 is 0 Å². The molecule has 0 aliphatic carbocycles. The van der Waals surface area contributed by atoms with E-state index in [-0.39, 0.29) is 10.6 Å². The van der Waals surface area contributed by atoms with E-state index >= 15 is 0 Å². The summed E-state index contributed by atoms with van der Waals surface area (Å²) in [5.41, 5.74) is 0.730. The minimum atomic E-state index is -3.65. The number of hydrogen-bond acceptors (Lipinski definition) is 7. The molecule has 2 unspecified atom stereocenters. The summed E-state index contributed by atoms with van der Waals surface area (Å²) in [5, 5.41) is 11.9. The van der Waals surface area contributed by atoms with Crippen molar-refractivity contribution in [2.24, 2.45) is 5.41 Å². The highest BCUT2D eigenvalue weighted by molar-refractivity contribution is 7.91. The van der Waals surface area contributed by atoms with E-state index in [1.165, 1.54) is 7.11 Å². The van der Waals surface area contributed by atoms with Crippen LogP contribution in [0.5, 0.6) is 11.5 Å². The fraction of sp³-hybridized carbons (Fsp3) is 0.586. The second-order valence-corrected chi connectivity index (χ2v) is 12.2. The average molecular weight is 534 g/mol. The van der Waals surface area contributed by atoms with Crippen LogP contribution in [0.15, 0.2) is 47.4 Å². The van der Waals surface area contributed by atoms with E-state index in [1.807, 2.05) is 45.3 Å². The Morgan fingerprint density at radius 2 is 1.73 bits per heavy atom. The maximum atomic E-state index is 13.7. The van der Waals surface area contributed by atoms with Crippen molar-refractivity contribution in [1.82, 2.24) is 4.90 Å². The first kappa shape index (κ1) is 29.4. The maximum Gasteiger partial charge on any atom is 0.179 e. The lowest BCUT2D eigenvalue weighted by atomic mass is 9.69. The number of benzene rings is 2. The summed E-state index contributed by atoms with van der Waals surface area (Å²) in [5.74, 6) is 0.630. The van der Waals surface area contributed by atoms with Gasteiger partial charge in [-0.1, -0.05) is 44.9 Å². The molecule has 0 saturated carbocycles. The fourth-order valence-corrected chi connectivity index (χ4v) is 7.45. The number of sulfone groups is 1. The molecule has 8 heteroatoms. The van der Waals surface area contributed by atoms with E-state index in [9.17, 15) is 13.5 Å². The van der Waals surface area contributed by atoms with Crippen LogP contribution in [0.25, 0.3) is 0 Å². The van der Waals surface area contributed by atoms with Crippen LogP contribution in [-0.4, -0.2) is 77.9 Å². The largest absolute Gasteiger partial charge is 0.497 e. The third-order valence-corrected chi connectivity index (χ3v) is 9.44. The molecule has 3 atom stereocenters. The average Bonchev–Trinajstić information content (AvgIpc) is 2.95. The van der Waals surface area contributed by atoms with Gasteiger partial charge < -0.3 is 24.2 Å². The molecule has 0 bridgehead atoms. The molecule has 0 fully saturated rings. The fourth-order valence-electron chi connectivity index (χ4n) is 5.17. The zero-order valence-electron chi connectivity index (χ0n) is 22.9. The van der Waals surface area contributed by atoms with Gasteiger partial charge in [0.25, 0.3) is 0 Å². The summed E-state index contributed by atoms with van der Waals surface area (Å²) in [6, 6.07) is 12.8. The molecule has 7 nitrogen and oxygen atoms in total. The van der Waals surface area contributed by atoms with E-state index in [0.29, 0.717) is 49.7 Å². The van der Waals surface area contributed by atoms with Crippen molar-refractivity contribution in [3.63, 3.8) is 0 Å². The van der Waals surface area contributed by atoms with Crippen LogP contribution in [0.4, 0.5) is 0 Å². The van der Waals surface area contributed by atoms with Crippen LogP contribution in [-0.2, 0) is 14.6 Å². The number of aliphatic hydroxyl groups excluding tert-OH is 1. The van der Waals surface area contributed by atoms with Gasteiger partial charge in [-0.2, -0.15) is 0 Å². The van der Waals surface area contributed by atoms with E-state index in [0.717, 1.165) is 24.9 Å². The topological polar surface area (TPSA) is 85.3 Å². The van der Waals surface area contributed by atoms with Gasteiger partial charge in [0.15, 0.2) is 9.84 Å². The maximum absolute atomic E-state index is 13.7. The molecule has 1 aliphatic rings. The summed E-state index contributed by atoms with van der Waals surface area (Å²) >= 11 is 0. The number of rotatable bonds is 13. The normalized spacial score (nSPS) is 22.9. The number of methoxy groups -OCH3 is 1. The Balaban J connectivity index is 1.93. The number of nitrogens with zero attached hydrogens (tertiary/aromatic N) is 1. The minimum Gasteiger partial charge on any atom is -0.497 e. The van der Waals surface area contributed by atoms with Gasteiger partial charge in [-0.3, -0.25) is 0 Å². The molecule has 0 radical (unpaired) electrons. The Bertz CT molecular complexity index is 1100. The molecule has 1 N–H and O–H groups in total. The Labute approximate surface area is 222 Å². The highest BCUT2D eigenvalue weighted by Crippen LogP contribution is 2.49. The molecule has 206 valence electrons. The smallest absolute Gasteiger partial charge is 0.179 e. The van der Waals surface area contributed by atoms with Crippen molar-refractivity contribution < 1.29 is 27.7 Å². The first-order valence-electron chi connectivity index (χ1n) is 13.2. The van der Waals surface area contributed by atoms with Gasteiger partial charge in [0.2, 0.25) is 0 Å². The van der Waals surface area contributed by atoms with Crippen LogP contribution < -0.4 is 9.47 Å². The molecular weight excluding hydrogens is 490 g/mol. The monoisotopic (exact) mass is 533 g/mol. The van der Waals surface area contributed by atoms with Gasteiger partial charge in [0, 0.05) is 17.9 Å². The minimum absolute atomic E-state index is 0.0800. The Kier molecular flexibility index (Phi) is 10.4. The lowest BCUT2D eigenvalue weighted by molar-refractivity contribution is 0.0174. The van der Waals surface area contributed by atoms with E-state index in [2.05, 4.69) is 11.8 Å². The molecule has 0 amide bonds. The number of likely N-dealkylation sites (N-methyl/N-ethyl adjacent to an activating group) is 1. The third kappa shape index (κ3) is 7.05.